The largest absolute Gasteiger partial charge is 0.490 e. The maximum Gasteiger partial charge on any atom is 0.226 e. The zero-order valence-corrected chi connectivity index (χ0v) is 14.7. The number of allylic oxidation sites excluding steroid dienone is 2. The molecule has 0 bridgehead atoms. The smallest absolute Gasteiger partial charge is 0.226 e. The third kappa shape index (κ3) is 2.72. The normalized spacial score (nSPS) is 18.8. The van der Waals surface area contributed by atoms with Crippen LogP contribution in [0.25, 0.3) is 0 Å². The van der Waals surface area contributed by atoms with Gasteiger partial charge in [-0.15, -0.1) is 0 Å². The number of carbonyl (C=O) groups excluding carboxylic acids is 1. The molecule has 2 aliphatic heterocycles. The number of aromatic nitrogens is 3. The third-order valence-electron chi connectivity index (χ3n) is 4.50. The van der Waals surface area contributed by atoms with Gasteiger partial charge in [0.2, 0.25) is 5.95 Å². The van der Waals surface area contributed by atoms with Crippen LogP contribution in [0.4, 0.5) is 5.95 Å². The van der Waals surface area contributed by atoms with E-state index in [1.165, 1.54) is 6.92 Å². The van der Waals surface area contributed by atoms with E-state index in [1.54, 1.807) is 4.68 Å². The van der Waals surface area contributed by atoms with Gasteiger partial charge in [0.1, 0.15) is 12.6 Å². The van der Waals surface area contributed by atoms with Crippen LogP contribution in [0.3, 0.4) is 0 Å². The Kier molecular flexibility index (Phi) is 4.12. The van der Waals surface area contributed by atoms with Gasteiger partial charge in [-0.05, 0) is 31.5 Å². The van der Waals surface area contributed by atoms with Crippen LogP contribution in [0, 0.1) is 0 Å². The first kappa shape index (κ1) is 16.6. The fourth-order valence-corrected chi connectivity index (χ4v) is 3.38. The van der Waals surface area contributed by atoms with Crippen molar-refractivity contribution in [2.24, 2.45) is 0 Å². The van der Waals surface area contributed by atoms with E-state index in [2.05, 4.69) is 15.4 Å². The summed E-state index contributed by atoms with van der Waals surface area (Å²) in [5.41, 5.74) is 2.16. The molecular weight excluding hydrogens is 336 g/mol. The van der Waals surface area contributed by atoms with Crippen LogP contribution >= 0.6 is 0 Å². The van der Waals surface area contributed by atoms with Crippen molar-refractivity contribution in [1.29, 1.82) is 0 Å². The van der Waals surface area contributed by atoms with Crippen molar-refractivity contribution in [3.8, 4) is 11.5 Å². The summed E-state index contributed by atoms with van der Waals surface area (Å²) in [6.45, 7) is 4.30. The monoisotopic (exact) mass is 356 g/mol. The van der Waals surface area contributed by atoms with E-state index in [0.717, 1.165) is 17.7 Å². The maximum absolute atomic E-state index is 12.4. The summed E-state index contributed by atoms with van der Waals surface area (Å²) >= 11 is 0. The first-order valence-corrected chi connectivity index (χ1v) is 8.53. The lowest BCUT2D eigenvalue weighted by molar-refractivity contribution is -0.114. The molecule has 2 aliphatic rings. The Morgan fingerprint density at radius 1 is 1.35 bits per heavy atom. The van der Waals surface area contributed by atoms with Crippen LogP contribution < -0.4 is 14.8 Å². The first-order chi connectivity index (χ1) is 12.6. The predicted molar refractivity (Wildman–Crippen MR) is 93.1 cm³/mol. The van der Waals surface area contributed by atoms with Crippen molar-refractivity contribution < 1.29 is 19.4 Å². The van der Waals surface area contributed by atoms with E-state index >= 15 is 0 Å². The number of nitrogens with one attached hydrogen (secondary N) is 1. The highest BCUT2D eigenvalue weighted by Crippen LogP contribution is 2.39. The van der Waals surface area contributed by atoms with Gasteiger partial charge in [-0.25, -0.2) is 4.68 Å². The van der Waals surface area contributed by atoms with E-state index in [1.807, 2.05) is 25.1 Å². The summed E-state index contributed by atoms with van der Waals surface area (Å²) in [5.74, 6) is 2.08. The molecule has 1 aromatic heterocycles. The highest BCUT2D eigenvalue weighted by Gasteiger charge is 2.33. The summed E-state index contributed by atoms with van der Waals surface area (Å²) in [5, 5.41) is 16.8. The zero-order valence-electron chi connectivity index (χ0n) is 14.7. The Morgan fingerprint density at radius 3 is 2.85 bits per heavy atom. The van der Waals surface area contributed by atoms with Gasteiger partial charge in [-0.1, -0.05) is 6.07 Å². The van der Waals surface area contributed by atoms with E-state index in [9.17, 15) is 9.90 Å². The minimum atomic E-state index is -0.450. The minimum absolute atomic E-state index is 0.0567. The summed E-state index contributed by atoms with van der Waals surface area (Å²) in [6.07, 6.45) is 0.822. The number of aliphatic hydroxyl groups excluding tert-OH is 1. The van der Waals surface area contributed by atoms with Gasteiger partial charge >= 0.3 is 0 Å². The van der Waals surface area contributed by atoms with Crippen molar-refractivity contribution in [3.63, 3.8) is 0 Å². The van der Waals surface area contributed by atoms with Crippen molar-refractivity contribution in [2.45, 2.75) is 32.9 Å². The second-order valence-corrected chi connectivity index (χ2v) is 6.33. The summed E-state index contributed by atoms with van der Waals surface area (Å²) in [7, 11) is 0. The Bertz CT molecular complexity index is 903. The molecule has 136 valence electrons. The highest BCUT2D eigenvalue weighted by atomic mass is 16.5. The summed E-state index contributed by atoms with van der Waals surface area (Å²) < 4.78 is 13.1. The van der Waals surface area contributed by atoms with Gasteiger partial charge in [0.25, 0.3) is 0 Å². The van der Waals surface area contributed by atoms with Crippen LogP contribution in [0.15, 0.2) is 29.5 Å². The Balaban J connectivity index is 1.86. The molecule has 3 heterocycles. The molecule has 4 rings (SSSR count). The zero-order chi connectivity index (χ0) is 18.3. The molecule has 8 heteroatoms. The molecule has 1 unspecified atom stereocenters. The third-order valence-corrected chi connectivity index (χ3v) is 4.50. The van der Waals surface area contributed by atoms with Gasteiger partial charge in [-0.3, -0.25) is 4.79 Å². The number of rotatable bonds is 3. The number of benzene rings is 1. The number of nitrogens with zero attached hydrogens (tertiary/aromatic N) is 3. The molecule has 8 nitrogen and oxygen atoms in total. The quantitative estimate of drug-likeness (QED) is 0.865. The van der Waals surface area contributed by atoms with Gasteiger partial charge < -0.3 is 19.9 Å². The second-order valence-electron chi connectivity index (χ2n) is 6.33. The van der Waals surface area contributed by atoms with Gasteiger partial charge in [0.05, 0.1) is 13.2 Å². The number of ether oxygens (including phenoxy) is 2. The molecule has 2 N–H and O–H groups in total. The molecule has 2 aromatic rings. The average molecular weight is 356 g/mol. The predicted octanol–water partition coefficient (Wildman–Crippen LogP) is 1.81. The maximum atomic E-state index is 12.4. The van der Waals surface area contributed by atoms with Crippen LogP contribution in [0.5, 0.6) is 11.5 Å². The highest BCUT2D eigenvalue weighted by molar-refractivity contribution is 5.96. The number of fused-ring (bicyclic) bond motifs is 2. The second kappa shape index (κ2) is 6.45. The Morgan fingerprint density at radius 2 is 2.12 bits per heavy atom. The molecule has 0 radical (unpaired) electrons. The molecule has 0 spiro atoms. The Hall–Kier alpha value is -2.87. The number of hydrogen-bond donors (Lipinski definition) is 2. The Labute approximate surface area is 150 Å². The number of aliphatic hydroxyl groups is 1. The van der Waals surface area contributed by atoms with E-state index in [-0.39, 0.29) is 12.4 Å². The lowest BCUT2D eigenvalue weighted by Crippen LogP contribution is -2.27. The number of anilines is 1. The first-order valence-electron chi connectivity index (χ1n) is 8.53. The van der Waals surface area contributed by atoms with Crippen LogP contribution in [0.2, 0.25) is 0 Å². The molecule has 0 aliphatic carbocycles. The fourth-order valence-electron chi connectivity index (χ4n) is 3.38. The molecule has 26 heavy (non-hydrogen) atoms. The van der Waals surface area contributed by atoms with Crippen molar-refractivity contribution >= 4 is 11.7 Å². The topological polar surface area (TPSA) is 98.5 Å². The molecular formula is C18H20N4O4. The van der Waals surface area contributed by atoms with Gasteiger partial charge in [0.15, 0.2) is 23.1 Å². The van der Waals surface area contributed by atoms with Crippen molar-refractivity contribution in [3.05, 3.63) is 40.9 Å². The van der Waals surface area contributed by atoms with Crippen molar-refractivity contribution in [2.75, 3.05) is 18.5 Å². The van der Waals surface area contributed by atoms with E-state index in [0.29, 0.717) is 42.1 Å². The minimum Gasteiger partial charge on any atom is -0.490 e. The molecule has 1 atom stereocenters. The number of hydrogen-bond acceptors (Lipinski definition) is 7. The molecule has 0 amide bonds. The van der Waals surface area contributed by atoms with Crippen LogP contribution in [-0.4, -0.2) is 38.9 Å². The molecule has 1 aromatic carbocycles. The number of Topliss-reactive ketones (excluding diaryl/α,β-unsaturated/α-hetero) is 1. The SMILES string of the molecule is CC(=O)C1=C(C)Nc2nc(CO)nn2C1c1ccc2c(c1)OCCCO2. The number of carbonyl (C=O) groups is 1. The van der Waals surface area contributed by atoms with Crippen LogP contribution in [-0.2, 0) is 11.4 Å². The summed E-state index contributed by atoms with van der Waals surface area (Å²) in [6, 6.07) is 5.20. The lowest BCUT2D eigenvalue weighted by Gasteiger charge is -2.28. The van der Waals surface area contributed by atoms with Gasteiger partial charge in [-0.2, -0.15) is 10.1 Å². The lowest BCUT2D eigenvalue weighted by atomic mass is 9.93. The molecule has 0 saturated carbocycles. The number of ketones is 1. The van der Waals surface area contributed by atoms with E-state index in [4.69, 9.17) is 9.47 Å². The van der Waals surface area contributed by atoms with Crippen LogP contribution in [0.1, 0.15) is 37.7 Å². The summed E-state index contributed by atoms with van der Waals surface area (Å²) in [4.78, 5) is 16.6. The molecule has 0 fully saturated rings. The van der Waals surface area contributed by atoms with E-state index < -0.39 is 6.04 Å². The molecule has 0 saturated heterocycles. The standard InChI is InChI=1S/C18H20N4O4/c1-10-16(11(2)24)17(22-18(19-10)20-15(9-23)21-22)12-4-5-13-14(8-12)26-7-3-6-25-13/h4-5,8,17,23H,3,6-7,9H2,1-2H3,(H,19,20,21). The fraction of sp³-hybridized carbons (Fsp3) is 0.389. The van der Waals surface area contributed by atoms with Crippen molar-refractivity contribution in [1.82, 2.24) is 14.8 Å². The average Bonchev–Trinajstić information content (AvgIpc) is 2.88. The van der Waals surface area contributed by atoms with Gasteiger partial charge in [0, 0.05) is 17.7 Å².